The number of ether oxygens (including phenoxy) is 1. The molecule has 12 heavy (non-hydrogen) atoms. The van der Waals surface area contributed by atoms with Crippen LogP contribution in [0.3, 0.4) is 0 Å². The number of nitrogens with zero attached hydrogens (tertiary/aromatic N) is 1. The van der Waals surface area contributed by atoms with E-state index in [0.29, 0.717) is 6.54 Å². The lowest BCUT2D eigenvalue weighted by molar-refractivity contribution is -0.0816. The zero-order chi connectivity index (χ0) is 9.35. The molecule has 4 heteroatoms. The van der Waals surface area contributed by atoms with Gasteiger partial charge >= 0.3 is 0 Å². The third kappa shape index (κ3) is 1.59. The second kappa shape index (κ2) is 3.26. The van der Waals surface area contributed by atoms with Crippen molar-refractivity contribution < 1.29 is 13.5 Å². The van der Waals surface area contributed by atoms with E-state index in [-0.39, 0.29) is 6.42 Å². The monoisotopic (exact) mass is 179 g/mol. The Hall–Kier alpha value is -0.220. The molecule has 2 nitrogen and oxygen atoms in total. The highest BCUT2D eigenvalue weighted by Gasteiger charge is 2.50. The van der Waals surface area contributed by atoms with Crippen molar-refractivity contribution in [1.82, 2.24) is 4.90 Å². The maximum Gasteiger partial charge on any atom is 0.267 e. The summed E-state index contributed by atoms with van der Waals surface area (Å²) in [7, 11) is 3.17. The Bertz CT molecular complexity index is 163. The molecule has 0 radical (unpaired) electrons. The van der Waals surface area contributed by atoms with Gasteiger partial charge in [-0.25, -0.2) is 8.78 Å². The van der Waals surface area contributed by atoms with Crippen LogP contribution in [0.5, 0.6) is 0 Å². The highest BCUT2D eigenvalue weighted by Crippen LogP contribution is 2.35. The maximum atomic E-state index is 13.2. The van der Waals surface area contributed by atoms with Gasteiger partial charge in [0.15, 0.2) is 0 Å². The topological polar surface area (TPSA) is 12.5 Å². The predicted octanol–water partition coefficient (Wildman–Crippen LogP) is 1.36. The van der Waals surface area contributed by atoms with Crippen LogP contribution >= 0.6 is 0 Å². The Balaban J connectivity index is 2.71. The fourth-order valence-electron chi connectivity index (χ4n) is 1.77. The molecule has 0 bridgehead atoms. The molecule has 0 spiro atoms. The largest absolute Gasteiger partial charge is 0.380 e. The molecule has 0 aromatic carbocycles. The van der Waals surface area contributed by atoms with E-state index >= 15 is 0 Å². The van der Waals surface area contributed by atoms with Crippen molar-refractivity contribution in [1.29, 1.82) is 0 Å². The smallest absolute Gasteiger partial charge is 0.267 e. The fraction of sp³-hybridized carbons (Fsp3) is 1.00. The number of hydrogen-bond acceptors (Lipinski definition) is 2. The normalized spacial score (nSPS) is 32.2. The zero-order valence-electron chi connectivity index (χ0n) is 7.68. The summed E-state index contributed by atoms with van der Waals surface area (Å²) in [5.74, 6) is -2.59. The Morgan fingerprint density at radius 2 is 2.17 bits per heavy atom. The van der Waals surface area contributed by atoms with E-state index in [0.717, 1.165) is 0 Å². The lowest BCUT2D eigenvalue weighted by atomic mass is 10.1. The van der Waals surface area contributed by atoms with E-state index in [1.165, 1.54) is 7.11 Å². The van der Waals surface area contributed by atoms with Crippen LogP contribution in [-0.4, -0.2) is 43.7 Å². The van der Waals surface area contributed by atoms with Gasteiger partial charge in [-0.2, -0.15) is 0 Å². The lowest BCUT2D eigenvalue weighted by Crippen LogP contribution is -2.45. The zero-order valence-corrected chi connectivity index (χ0v) is 7.68. The van der Waals surface area contributed by atoms with Gasteiger partial charge < -0.3 is 4.74 Å². The molecule has 72 valence electrons. The summed E-state index contributed by atoms with van der Waals surface area (Å²) in [6.45, 7) is 2.13. The summed E-state index contributed by atoms with van der Waals surface area (Å²) in [5, 5.41) is 0. The first-order valence-corrected chi connectivity index (χ1v) is 4.10. The summed E-state index contributed by atoms with van der Waals surface area (Å²) >= 11 is 0. The first-order chi connectivity index (χ1) is 5.49. The first kappa shape index (κ1) is 9.86. The number of likely N-dealkylation sites (N-methyl/N-ethyl adjacent to an activating group) is 1. The van der Waals surface area contributed by atoms with Gasteiger partial charge in [0.2, 0.25) is 0 Å². The third-order valence-electron chi connectivity index (χ3n) is 2.52. The number of likely N-dealkylation sites (tertiary alicyclic amines) is 1. The number of methoxy groups -OCH3 is 1. The minimum atomic E-state index is -2.59. The van der Waals surface area contributed by atoms with Crippen LogP contribution in [0, 0.1) is 0 Å². The molecule has 2 atom stereocenters. The van der Waals surface area contributed by atoms with Crippen molar-refractivity contribution in [3.63, 3.8) is 0 Å². The quantitative estimate of drug-likeness (QED) is 0.634. The van der Waals surface area contributed by atoms with Gasteiger partial charge in [-0.1, -0.05) is 0 Å². The number of hydrogen-bond donors (Lipinski definition) is 0. The number of halogens is 2. The molecule has 1 saturated heterocycles. The average Bonchev–Trinajstić information content (AvgIpc) is 2.25. The van der Waals surface area contributed by atoms with E-state index in [1.54, 1.807) is 18.9 Å². The Morgan fingerprint density at radius 3 is 2.50 bits per heavy atom. The summed E-state index contributed by atoms with van der Waals surface area (Å²) in [5.41, 5.74) is 0. The van der Waals surface area contributed by atoms with E-state index in [4.69, 9.17) is 4.74 Å². The third-order valence-corrected chi connectivity index (χ3v) is 2.52. The molecular formula is C8H15F2NO. The minimum absolute atomic E-state index is 0.0537. The number of alkyl halides is 2. The molecule has 1 rings (SSSR count). The standard InChI is InChI=1S/C8H15F2NO/c1-6(12-3)7-8(9,10)4-5-11(7)2/h6-7H,4-5H2,1-3H3/t6-,7+/m0/s1. The van der Waals surface area contributed by atoms with E-state index < -0.39 is 18.1 Å². The molecular weight excluding hydrogens is 164 g/mol. The Morgan fingerprint density at radius 1 is 1.58 bits per heavy atom. The summed E-state index contributed by atoms with van der Waals surface area (Å²) in [6.07, 6.45) is -0.463. The molecule has 1 heterocycles. The van der Waals surface area contributed by atoms with Crippen molar-refractivity contribution in [2.45, 2.75) is 31.4 Å². The molecule has 0 aromatic heterocycles. The van der Waals surface area contributed by atoms with E-state index in [1.807, 2.05) is 0 Å². The van der Waals surface area contributed by atoms with Crippen molar-refractivity contribution in [2.24, 2.45) is 0 Å². The van der Waals surface area contributed by atoms with Gasteiger partial charge in [-0.15, -0.1) is 0 Å². The fourth-order valence-corrected chi connectivity index (χ4v) is 1.77. The van der Waals surface area contributed by atoms with Gasteiger partial charge in [0.25, 0.3) is 5.92 Å². The molecule has 0 amide bonds. The minimum Gasteiger partial charge on any atom is -0.380 e. The molecule has 0 N–H and O–H groups in total. The molecule has 0 aromatic rings. The van der Waals surface area contributed by atoms with Gasteiger partial charge in [0.1, 0.15) is 0 Å². The second-order valence-electron chi connectivity index (χ2n) is 3.38. The molecule has 0 unspecified atom stereocenters. The van der Waals surface area contributed by atoms with E-state index in [9.17, 15) is 8.78 Å². The highest BCUT2D eigenvalue weighted by molar-refractivity contribution is 4.95. The van der Waals surface area contributed by atoms with Crippen molar-refractivity contribution >= 4 is 0 Å². The van der Waals surface area contributed by atoms with Crippen molar-refractivity contribution in [3.05, 3.63) is 0 Å². The molecule has 1 aliphatic rings. The molecule has 1 fully saturated rings. The van der Waals surface area contributed by atoms with Gasteiger partial charge in [-0.3, -0.25) is 4.90 Å². The van der Waals surface area contributed by atoms with Crippen LogP contribution in [0.15, 0.2) is 0 Å². The number of rotatable bonds is 2. The van der Waals surface area contributed by atoms with Crippen LogP contribution in [-0.2, 0) is 4.74 Å². The SMILES string of the molecule is CO[C@@H](C)[C@H]1N(C)CCC1(F)F. The maximum absolute atomic E-state index is 13.2. The van der Waals surface area contributed by atoms with Gasteiger partial charge in [-0.05, 0) is 14.0 Å². The molecule has 0 saturated carbocycles. The summed E-state index contributed by atoms with van der Waals surface area (Å²) in [6, 6.07) is -0.762. The molecule has 1 aliphatic heterocycles. The second-order valence-corrected chi connectivity index (χ2v) is 3.38. The molecule has 0 aliphatic carbocycles. The first-order valence-electron chi connectivity index (χ1n) is 4.10. The highest BCUT2D eigenvalue weighted by atomic mass is 19.3. The predicted molar refractivity (Wildman–Crippen MR) is 42.5 cm³/mol. The summed E-state index contributed by atoms with van der Waals surface area (Å²) in [4.78, 5) is 1.66. The van der Waals surface area contributed by atoms with Crippen LogP contribution < -0.4 is 0 Å². The Labute approximate surface area is 71.5 Å². The van der Waals surface area contributed by atoms with Crippen molar-refractivity contribution in [2.75, 3.05) is 20.7 Å². The van der Waals surface area contributed by atoms with Crippen LogP contribution in [0.2, 0.25) is 0 Å². The average molecular weight is 179 g/mol. The van der Waals surface area contributed by atoms with Crippen LogP contribution in [0.1, 0.15) is 13.3 Å². The Kier molecular flexibility index (Phi) is 2.68. The van der Waals surface area contributed by atoms with Gasteiger partial charge in [0.05, 0.1) is 12.1 Å². The van der Waals surface area contributed by atoms with Crippen LogP contribution in [0.25, 0.3) is 0 Å². The summed E-state index contributed by atoms with van der Waals surface area (Å²) < 4.78 is 31.3. The van der Waals surface area contributed by atoms with Gasteiger partial charge in [0, 0.05) is 20.1 Å². The van der Waals surface area contributed by atoms with E-state index in [2.05, 4.69) is 0 Å². The van der Waals surface area contributed by atoms with Crippen molar-refractivity contribution in [3.8, 4) is 0 Å². The lowest BCUT2D eigenvalue weighted by Gasteiger charge is -2.28. The van der Waals surface area contributed by atoms with Crippen LogP contribution in [0.4, 0.5) is 8.78 Å².